The molecule has 0 saturated carbocycles. The Morgan fingerprint density at radius 3 is 2.94 bits per heavy atom. The van der Waals surface area contributed by atoms with Gasteiger partial charge in [-0.3, -0.25) is 4.79 Å². The molecule has 4 heteroatoms. The van der Waals surface area contributed by atoms with Gasteiger partial charge >= 0.3 is 0 Å². The highest BCUT2D eigenvalue weighted by Gasteiger charge is 2.11. The maximum absolute atomic E-state index is 11.8. The largest absolute Gasteiger partial charge is 0.469 e. The molecule has 0 fully saturated rings. The molecule has 1 amide bonds. The third-order valence-corrected chi connectivity index (χ3v) is 2.73. The summed E-state index contributed by atoms with van der Waals surface area (Å²) in [6.45, 7) is 3.48. The van der Waals surface area contributed by atoms with E-state index in [0.717, 1.165) is 25.3 Å². The van der Waals surface area contributed by atoms with Gasteiger partial charge in [0.15, 0.2) is 0 Å². The number of hydrogen-bond acceptors (Lipinski definition) is 2. The first kappa shape index (κ1) is 13.1. The Hall–Kier alpha value is -0.960. The summed E-state index contributed by atoms with van der Waals surface area (Å²) in [5.74, 6) is 1.63. The first-order valence-electron chi connectivity index (χ1n) is 5.64. The molecule has 0 unspecified atom stereocenters. The lowest BCUT2D eigenvalue weighted by Crippen LogP contribution is -2.32. The Morgan fingerprint density at radius 1 is 1.56 bits per heavy atom. The normalized spacial score (nSPS) is 10.4. The summed E-state index contributed by atoms with van der Waals surface area (Å²) in [6.07, 6.45) is 3.65. The van der Waals surface area contributed by atoms with Crippen LogP contribution >= 0.6 is 11.6 Å². The van der Waals surface area contributed by atoms with Crippen molar-refractivity contribution in [2.45, 2.75) is 26.2 Å². The van der Waals surface area contributed by atoms with Crippen molar-refractivity contribution in [3.8, 4) is 0 Å². The molecular weight excluding hydrogens is 226 g/mol. The number of halogens is 1. The van der Waals surface area contributed by atoms with E-state index in [4.69, 9.17) is 16.0 Å². The Kier molecular flexibility index (Phi) is 6.01. The number of amides is 1. The third-order valence-electron chi connectivity index (χ3n) is 2.46. The zero-order valence-electron chi connectivity index (χ0n) is 9.62. The Labute approximate surface area is 101 Å². The summed E-state index contributed by atoms with van der Waals surface area (Å²) in [6, 6.07) is 3.73. The molecule has 90 valence electrons. The monoisotopic (exact) mass is 243 g/mol. The van der Waals surface area contributed by atoms with Crippen LogP contribution < -0.4 is 0 Å². The van der Waals surface area contributed by atoms with Gasteiger partial charge in [-0.1, -0.05) is 0 Å². The number of aryl methyl sites for hydroxylation is 1. The number of furan rings is 1. The minimum Gasteiger partial charge on any atom is -0.469 e. The zero-order valence-corrected chi connectivity index (χ0v) is 10.4. The average Bonchev–Trinajstić information content (AvgIpc) is 2.80. The Balaban J connectivity index is 2.31. The van der Waals surface area contributed by atoms with Crippen LogP contribution in [0.5, 0.6) is 0 Å². The van der Waals surface area contributed by atoms with Crippen molar-refractivity contribution in [1.82, 2.24) is 4.90 Å². The quantitative estimate of drug-likeness (QED) is 0.690. The van der Waals surface area contributed by atoms with Gasteiger partial charge in [-0.05, 0) is 25.5 Å². The van der Waals surface area contributed by atoms with E-state index < -0.39 is 0 Å². The number of alkyl halides is 1. The van der Waals surface area contributed by atoms with Gasteiger partial charge in [-0.2, -0.15) is 0 Å². The molecule has 0 radical (unpaired) electrons. The Bertz CT molecular complexity index is 298. The highest BCUT2D eigenvalue weighted by atomic mass is 35.5. The van der Waals surface area contributed by atoms with Crippen LogP contribution in [0, 0.1) is 0 Å². The average molecular weight is 244 g/mol. The molecule has 0 aliphatic rings. The van der Waals surface area contributed by atoms with E-state index in [1.54, 1.807) is 6.26 Å². The van der Waals surface area contributed by atoms with Gasteiger partial charge in [0.2, 0.25) is 5.91 Å². The minimum atomic E-state index is 0.170. The summed E-state index contributed by atoms with van der Waals surface area (Å²) in [5, 5.41) is 0. The molecule has 0 atom stereocenters. The molecule has 0 aromatic carbocycles. The summed E-state index contributed by atoms with van der Waals surface area (Å²) < 4.78 is 5.19. The van der Waals surface area contributed by atoms with Crippen LogP contribution in [0.3, 0.4) is 0 Å². The van der Waals surface area contributed by atoms with Gasteiger partial charge in [0.05, 0.1) is 6.26 Å². The lowest BCUT2D eigenvalue weighted by molar-refractivity contribution is -0.131. The van der Waals surface area contributed by atoms with Crippen molar-refractivity contribution in [3.05, 3.63) is 24.2 Å². The molecule has 1 aromatic heterocycles. The van der Waals surface area contributed by atoms with Crippen molar-refractivity contribution in [1.29, 1.82) is 0 Å². The molecule has 0 aliphatic carbocycles. The predicted molar refractivity (Wildman–Crippen MR) is 64.6 cm³/mol. The first-order chi connectivity index (χ1) is 7.77. The van der Waals surface area contributed by atoms with Crippen LogP contribution in [-0.4, -0.2) is 29.8 Å². The number of nitrogens with zero attached hydrogens (tertiary/aromatic N) is 1. The van der Waals surface area contributed by atoms with Crippen LogP contribution in [0.15, 0.2) is 22.8 Å². The number of carbonyl (C=O) groups is 1. The zero-order chi connectivity index (χ0) is 11.8. The van der Waals surface area contributed by atoms with Gasteiger partial charge in [0, 0.05) is 31.8 Å². The van der Waals surface area contributed by atoms with Gasteiger partial charge in [0.25, 0.3) is 0 Å². The fraction of sp³-hybridized carbons (Fsp3) is 0.583. The van der Waals surface area contributed by atoms with E-state index >= 15 is 0 Å². The maximum Gasteiger partial charge on any atom is 0.223 e. The molecule has 0 aliphatic heterocycles. The molecule has 1 aromatic rings. The Morgan fingerprint density at radius 2 is 2.38 bits per heavy atom. The van der Waals surface area contributed by atoms with Crippen molar-refractivity contribution in [3.63, 3.8) is 0 Å². The molecule has 0 N–H and O–H groups in total. The van der Waals surface area contributed by atoms with Crippen LogP contribution in [-0.2, 0) is 11.2 Å². The number of hydrogen-bond donors (Lipinski definition) is 0. The summed E-state index contributed by atoms with van der Waals surface area (Å²) >= 11 is 5.61. The smallest absolute Gasteiger partial charge is 0.223 e. The van der Waals surface area contributed by atoms with Gasteiger partial charge in [0.1, 0.15) is 5.76 Å². The van der Waals surface area contributed by atoms with Crippen LogP contribution in [0.25, 0.3) is 0 Å². The molecule has 1 heterocycles. The standard InChI is InChI=1S/C12H18ClNO2/c1-2-14(9-4-8-13)12(15)7-6-11-5-3-10-16-11/h3,5,10H,2,4,6-9H2,1H3. The van der Waals surface area contributed by atoms with E-state index in [9.17, 15) is 4.79 Å². The third kappa shape index (κ3) is 4.27. The highest BCUT2D eigenvalue weighted by Crippen LogP contribution is 2.06. The van der Waals surface area contributed by atoms with Crippen molar-refractivity contribution < 1.29 is 9.21 Å². The minimum absolute atomic E-state index is 0.170. The predicted octanol–water partition coefficient (Wildman–Crippen LogP) is 2.69. The molecule has 3 nitrogen and oxygen atoms in total. The lowest BCUT2D eigenvalue weighted by atomic mass is 10.2. The second kappa shape index (κ2) is 7.34. The lowest BCUT2D eigenvalue weighted by Gasteiger charge is -2.20. The summed E-state index contributed by atoms with van der Waals surface area (Å²) in [4.78, 5) is 13.7. The maximum atomic E-state index is 11.8. The van der Waals surface area contributed by atoms with E-state index in [1.807, 2.05) is 24.0 Å². The molecule has 16 heavy (non-hydrogen) atoms. The summed E-state index contributed by atoms with van der Waals surface area (Å²) in [5.41, 5.74) is 0. The van der Waals surface area contributed by atoms with Gasteiger partial charge in [-0.15, -0.1) is 11.6 Å². The van der Waals surface area contributed by atoms with Crippen molar-refractivity contribution in [2.24, 2.45) is 0 Å². The molecule has 0 spiro atoms. The van der Waals surface area contributed by atoms with Gasteiger partial charge in [-0.25, -0.2) is 0 Å². The van der Waals surface area contributed by atoms with Crippen LogP contribution in [0.4, 0.5) is 0 Å². The molecule has 0 saturated heterocycles. The first-order valence-corrected chi connectivity index (χ1v) is 6.17. The van der Waals surface area contributed by atoms with Gasteiger partial charge < -0.3 is 9.32 Å². The fourth-order valence-corrected chi connectivity index (χ4v) is 1.67. The van der Waals surface area contributed by atoms with E-state index in [2.05, 4.69) is 0 Å². The van der Waals surface area contributed by atoms with E-state index in [-0.39, 0.29) is 5.91 Å². The van der Waals surface area contributed by atoms with Crippen LogP contribution in [0.1, 0.15) is 25.5 Å². The second-order valence-corrected chi connectivity index (χ2v) is 3.97. The number of rotatable bonds is 7. The van der Waals surface area contributed by atoms with Crippen LogP contribution in [0.2, 0.25) is 0 Å². The molecular formula is C12H18ClNO2. The van der Waals surface area contributed by atoms with Crippen molar-refractivity contribution >= 4 is 17.5 Å². The number of carbonyl (C=O) groups excluding carboxylic acids is 1. The van der Waals surface area contributed by atoms with E-state index in [0.29, 0.717) is 18.7 Å². The van der Waals surface area contributed by atoms with E-state index in [1.165, 1.54) is 0 Å². The SMILES string of the molecule is CCN(CCCCl)C(=O)CCc1ccco1. The fourth-order valence-electron chi connectivity index (χ4n) is 1.55. The highest BCUT2D eigenvalue weighted by molar-refractivity contribution is 6.17. The molecule has 0 bridgehead atoms. The second-order valence-electron chi connectivity index (χ2n) is 3.60. The summed E-state index contributed by atoms with van der Waals surface area (Å²) in [7, 11) is 0. The van der Waals surface area contributed by atoms with Crippen molar-refractivity contribution in [2.75, 3.05) is 19.0 Å². The molecule has 1 rings (SSSR count). The topological polar surface area (TPSA) is 33.5 Å².